The van der Waals surface area contributed by atoms with Crippen LogP contribution < -0.4 is 15.5 Å². The highest BCUT2D eigenvalue weighted by atomic mass is 16.2. The first-order chi connectivity index (χ1) is 10.3. The van der Waals surface area contributed by atoms with Gasteiger partial charge in [0.2, 0.25) is 0 Å². The molecular formula is C15H19N5O. The maximum atomic E-state index is 11.7. The highest BCUT2D eigenvalue weighted by Crippen LogP contribution is 2.21. The number of benzene rings is 1. The summed E-state index contributed by atoms with van der Waals surface area (Å²) in [6.45, 7) is 5.13. The van der Waals surface area contributed by atoms with Crippen molar-refractivity contribution in [3.05, 3.63) is 42.5 Å². The quantitative estimate of drug-likeness (QED) is 0.883. The number of imidazole rings is 1. The topological polar surface area (TPSA) is 62.2 Å². The molecule has 0 aliphatic carbocycles. The van der Waals surface area contributed by atoms with Crippen LogP contribution in [0.3, 0.4) is 0 Å². The van der Waals surface area contributed by atoms with Crippen LogP contribution in [0, 0.1) is 0 Å². The summed E-state index contributed by atoms with van der Waals surface area (Å²) in [5.74, 6) is 0. The molecule has 0 spiro atoms. The zero-order valence-electron chi connectivity index (χ0n) is 12.0. The maximum absolute atomic E-state index is 11.7. The highest BCUT2D eigenvalue weighted by Gasteiger charge is 2.20. The van der Waals surface area contributed by atoms with Crippen molar-refractivity contribution in [1.29, 1.82) is 0 Å². The Labute approximate surface area is 123 Å². The first-order valence-electron chi connectivity index (χ1n) is 7.16. The van der Waals surface area contributed by atoms with Crippen molar-refractivity contribution in [2.75, 3.05) is 23.3 Å². The standard InChI is InChI=1S/C15H19N5O/c1-2-19-11-16-9-14(19)10-18-12-4-3-5-13(8-12)20-7-6-17-15(20)21/h3-5,8-9,11,18H,2,6-7,10H2,1H3,(H,17,21). The van der Waals surface area contributed by atoms with Crippen molar-refractivity contribution in [1.82, 2.24) is 14.9 Å². The molecule has 2 N–H and O–H groups in total. The number of aryl methyl sites for hydroxylation is 1. The number of rotatable bonds is 5. The van der Waals surface area contributed by atoms with Gasteiger partial charge in [0, 0.05) is 37.2 Å². The average Bonchev–Trinajstić information content (AvgIpc) is 3.13. The smallest absolute Gasteiger partial charge is 0.321 e. The van der Waals surface area contributed by atoms with Gasteiger partial charge >= 0.3 is 6.03 Å². The second kappa shape index (κ2) is 5.87. The number of carbonyl (C=O) groups is 1. The van der Waals surface area contributed by atoms with Gasteiger partial charge in [0.25, 0.3) is 0 Å². The molecule has 0 unspecified atom stereocenters. The third-order valence-electron chi connectivity index (χ3n) is 3.63. The van der Waals surface area contributed by atoms with E-state index in [0.717, 1.165) is 23.6 Å². The Morgan fingerprint density at radius 3 is 3.10 bits per heavy atom. The van der Waals surface area contributed by atoms with Gasteiger partial charge in [0.15, 0.2) is 0 Å². The Kier molecular flexibility index (Phi) is 3.77. The van der Waals surface area contributed by atoms with Crippen LogP contribution in [0.5, 0.6) is 0 Å². The minimum absolute atomic E-state index is 0.0313. The number of nitrogens with one attached hydrogen (secondary N) is 2. The molecule has 6 heteroatoms. The van der Waals surface area contributed by atoms with Gasteiger partial charge in [0.05, 0.1) is 18.6 Å². The van der Waals surface area contributed by atoms with Crippen molar-refractivity contribution in [2.24, 2.45) is 0 Å². The zero-order chi connectivity index (χ0) is 14.7. The van der Waals surface area contributed by atoms with Crippen molar-refractivity contribution in [2.45, 2.75) is 20.0 Å². The van der Waals surface area contributed by atoms with E-state index >= 15 is 0 Å². The molecule has 0 saturated carbocycles. The second-order valence-corrected chi connectivity index (χ2v) is 4.96. The van der Waals surface area contributed by atoms with Crippen molar-refractivity contribution < 1.29 is 4.79 Å². The summed E-state index contributed by atoms with van der Waals surface area (Å²) in [7, 11) is 0. The molecule has 2 amide bonds. The number of nitrogens with zero attached hydrogens (tertiary/aromatic N) is 3. The van der Waals surface area contributed by atoms with E-state index in [1.54, 1.807) is 4.90 Å². The summed E-state index contributed by atoms with van der Waals surface area (Å²) in [6, 6.07) is 7.88. The van der Waals surface area contributed by atoms with Crippen LogP contribution in [0.2, 0.25) is 0 Å². The van der Waals surface area contributed by atoms with Gasteiger partial charge in [0.1, 0.15) is 0 Å². The molecule has 1 aromatic heterocycles. The molecule has 0 atom stereocenters. The van der Waals surface area contributed by atoms with E-state index in [1.165, 1.54) is 0 Å². The molecule has 1 aromatic carbocycles. The molecule has 21 heavy (non-hydrogen) atoms. The fourth-order valence-electron chi connectivity index (χ4n) is 2.47. The average molecular weight is 285 g/mol. The zero-order valence-corrected chi connectivity index (χ0v) is 12.0. The monoisotopic (exact) mass is 285 g/mol. The number of hydrogen-bond acceptors (Lipinski definition) is 3. The highest BCUT2D eigenvalue weighted by molar-refractivity contribution is 5.94. The third kappa shape index (κ3) is 2.84. The summed E-state index contributed by atoms with van der Waals surface area (Å²) in [5.41, 5.74) is 3.05. The summed E-state index contributed by atoms with van der Waals surface area (Å²) < 4.78 is 2.10. The molecule has 0 bridgehead atoms. The molecule has 1 aliphatic rings. The lowest BCUT2D eigenvalue weighted by atomic mass is 10.2. The van der Waals surface area contributed by atoms with E-state index in [2.05, 4.69) is 27.1 Å². The molecule has 1 fully saturated rings. The van der Waals surface area contributed by atoms with E-state index in [4.69, 9.17) is 0 Å². The normalized spacial score (nSPS) is 14.3. The summed E-state index contributed by atoms with van der Waals surface area (Å²) in [6.07, 6.45) is 3.70. The second-order valence-electron chi connectivity index (χ2n) is 4.96. The van der Waals surface area contributed by atoms with Crippen LogP contribution in [0.15, 0.2) is 36.8 Å². The largest absolute Gasteiger partial charge is 0.379 e. The molecule has 6 nitrogen and oxygen atoms in total. The third-order valence-corrected chi connectivity index (χ3v) is 3.63. The van der Waals surface area contributed by atoms with E-state index < -0.39 is 0 Å². The van der Waals surface area contributed by atoms with Crippen LogP contribution in [0.25, 0.3) is 0 Å². The molecule has 1 saturated heterocycles. The lowest BCUT2D eigenvalue weighted by molar-refractivity contribution is 0.252. The van der Waals surface area contributed by atoms with Gasteiger partial charge in [-0.3, -0.25) is 4.90 Å². The van der Waals surface area contributed by atoms with Gasteiger partial charge in [-0.05, 0) is 25.1 Å². The van der Waals surface area contributed by atoms with E-state index in [-0.39, 0.29) is 6.03 Å². The Balaban J connectivity index is 1.70. The molecule has 110 valence electrons. The van der Waals surface area contributed by atoms with Gasteiger partial charge < -0.3 is 15.2 Å². The fourth-order valence-corrected chi connectivity index (χ4v) is 2.47. The van der Waals surface area contributed by atoms with Gasteiger partial charge in [-0.15, -0.1) is 0 Å². The summed E-state index contributed by atoms with van der Waals surface area (Å²) >= 11 is 0. The maximum Gasteiger partial charge on any atom is 0.321 e. The van der Waals surface area contributed by atoms with Crippen LogP contribution in [0.1, 0.15) is 12.6 Å². The van der Waals surface area contributed by atoms with Crippen molar-refractivity contribution in [3.63, 3.8) is 0 Å². The number of anilines is 2. The Morgan fingerprint density at radius 1 is 1.43 bits per heavy atom. The Bertz CT molecular complexity index is 636. The molecule has 3 rings (SSSR count). The van der Waals surface area contributed by atoms with Gasteiger partial charge in [-0.2, -0.15) is 0 Å². The number of amides is 2. The number of carbonyl (C=O) groups excluding carboxylic acids is 1. The lowest BCUT2D eigenvalue weighted by Crippen LogP contribution is -2.27. The lowest BCUT2D eigenvalue weighted by Gasteiger charge is -2.16. The minimum Gasteiger partial charge on any atom is -0.379 e. The van der Waals surface area contributed by atoms with E-state index in [0.29, 0.717) is 19.6 Å². The van der Waals surface area contributed by atoms with Crippen molar-refractivity contribution in [3.8, 4) is 0 Å². The van der Waals surface area contributed by atoms with Gasteiger partial charge in [-0.25, -0.2) is 9.78 Å². The molecule has 0 radical (unpaired) electrons. The van der Waals surface area contributed by atoms with Crippen LogP contribution in [-0.2, 0) is 13.1 Å². The molecular weight excluding hydrogens is 266 g/mol. The van der Waals surface area contributed by atoms with Crippen LogP contribution in [0.4, 0.5) is 16.2 Å². The fraction of sp³-hybridized carbons (Fsp3) is 0.333. The van der Waals surface area contributed by atoms with E-state index in [9.17, 15) is 4.79 Å². The Morgan fingerprint density at radius 2 is 2.33 bits per heavy atom. The predicted molar refractivity (Wildman–Crippen MR) is 82.4 cm³/mol. The summed E-state index contributed by atoms with van der Waals surface area (Å²) in [5, 5.41) is 6.19. The molecule has 2 heterocycles. The Hall–Kier alpha value is -2.50. The SMILES string of the molecule is CCn1cncc1CNc1cccc(N2CCNC2=O)c1. The number of urea groups is 1. The van der Waals surface area contributed by atoms with Crippen LogP contribution in [-0.4, -0.2) is 28.7 Å². The first kappa shape index (κ1) is 13.5. The van der Waals surface area contributed by atoms with E-state index in [1.807, 2.05) is 36.8 Å². The summed E-state index contributed by atoms with van der Waals surface area (Å²) in [4.78, 5) is 17.6. The first-order valence-corrected chi connectivity index (χ1v) is 7.16. The minimum atomic E-state index is -0.0313. The number of hydrogen-bond donors (Lipinski definition) is 2. The molecule has 2 aromatic rings. The van der Waals surface area contributed by atoms with Crippen LogP contribution >= 0.6 is 0 Å². The molecule has 1 aliphatic heterocycles. The van der Waals surface area contributed by atoms with Crippen molar-refractivity contribution >= 4 is 17.4 Å². The number of aromatic nitrogens is 2. The predicted octanol–water partition coefficient (Wildman–Crippen LogP) is 2.04. The van der Waals surface area contributed by atoms with Gasteiger partial charge in [-0.1, -0.05) is 6.07 Å².